The van der Waals surface area contributed by atoms with Gasteiger partial charge >= 0.3 is 7.12 Å². The Kier molecular flexibility index (Phi) is 4.91. The van der Waals surface area contributed by atoms with Crippen LogP contribution < -0.4 is 5.46 Å². The summed E-state index contributed by atoms with van der Waals surface area (Å²) >= 11 is 0. The van der Waals surface area contributed by atoms with Gasteiger partial charge in [0.2, 0.25) is 0 Å². The molecule has 156 valence electrons. The first-order valence-electron chi connectivity index (χ1n) is 9.78. The van der Waals surface area contributed by atoms with E-state index < -0.39 is 59.1 Å². The molecule has 0 unspecified atom stereocenters. The maximum atomic E-state index is 14.9. The quantitative estimate of drug-likeness (QED) is 0.713. The van der Waals surface area contributed by atoms with Gasteiger partial charge in [0.05, 0.1) is 39.0 Å². The van der Waals surface area contributed by atoms with Gasteiger partial charge in [-0.05, 0) is 62.3 Å². The highest BCUT2D eigenvalue weighted by molar-refractivity contribution is 6.62. The Labute approximate surface area is 182 Å². The largest absolute Gasteiger partial charge is 0.495 e. The van der Waals surface area contributed by atoms with Gasteiger partial charge in [-0.1, -0.05) is 12.1 Å². The van der Waals surface area contributed by atoms with Crippen molar-refractivity contribution in [2.24, 2.45) is 0 Å². The van der Waals surface area contributed by atoms with Crippen LogP contribution in [0.25, 0.3) is 0 Å². The number of carbonyl (C=O) groups excluding carboxylic acids is 1. The summed E-state index contributed by atoms with van der Waals surface area (Å²) in [5.74, 6) is -3.50. The van der Waals surface area contributed by atoms with Crippen LogP contribution in [0.3, 0.4) is 0 Å². The zero-order valence-electron chi connectivity index (χ0n) is 17.6. The van der Waals surface area contributed by atoms with Crippen molar-refractivity contribution in [3.63, 3.8) is 0 Å². The zero-order valence-corrected chi connectivity index (χ0v) is 17.6. The summed E-state index contributed by atoms with van der Waals surface area (Å²) in [6.07, 6.45) is 0. The molecule has 2 heterocycles. The fraction of sp³-hybridized carbons (Fsp3) is 0.381. The van der Waals surface area contributed by atoms with E-state index in [4.69, 9.17) is 25.0 Å². The minimum Gasteiger partial charge on any atom is -0.399 e. The molecule has 31 heavy (non-hydrogen) atoms. The summed E-state index contributed by atoms with van der Waals surface area (Å²) < 4.78 is 55.7. The van der Waals surface area contributed by atoms with Crippen LogP contribution in [-0.4, -0.2) is 44.8 Å². The Morgan fingerprint density at radius 3 is 2.03 bits per heavy atom. The number of hydrogen-bond acceptors (Lipinski definition) is 3. The van der Waals surface area contributed by atoms with Crippen molar-refractivity contribution in [3.8, 4) is 0 Å². The monoisotopic (exact) mass is 423 g/mol. The Hall–Kier alpha value is -2.19. The number of rotatable bonds is 3. The number of halogens is 3. The molecule has 4 nitrogen and oxygen atoms in total. The van der Waals surface area contributed by atoms with Crippen LogP contribution in [-0.2, 0) is 21.2 Å². The fourth-order valence-corrected chi connectivity index (χ4v) is 3.77. The van der Waals surface area contributed by atoms with Gasteiger partial charge in [0.15, 0.2) is 0 Å². The maximum absolute atomic E-state index is 14.9. The first kappa shape index (κ1) is 22.0. The van der Waals surface area contributed by atoms with E-state index in [1.165, 1.54) is 12.1 Å². The van der Waals surface area contributed by atoms with E-state index >= 15 is 0 Å². The average Bonchev–Trinajstić information content (AvgIpc) is 2.98. The van der Waals surface area contributed by atoms with Gasteiger partial charge < -0.3 is 14.2 Å². The maximum Gasteiger partial charge on any atom is 0.495 e. The average molecular weight is 423 g/mol. The number of amides is 1. The van der Waals surface area contributed by atoms with Gasteiger partial charge in [-0.25, -0.2) is 13.2 Å². The Morgan fingerprint density at radius 2 is 1.52 bits per heavy atom. The van der Waals surface area contributed by atoms with Crippen molar-refractivity contribution >= 4 is 34.2 Å². The van der Waals surface area contributed by atoms with Crippen molar-refractivity contribution in [2.75, 3.05) is 0 Å². The third kappa shape index (κ3) is 3.31. The molecule has 1 fully saturated rings. The summed E-state index contributed by atoms with van der Waals surface area (Å²) in [7, 11) is 11.2. The van der Waals surface area contributed by atoms with E-state index in [1.54, 1.807) is 0 Å². The van der Waals surface area contributed by atoms with Gasteiger partial charge in [0.1, 0.15) is 17.5 Å². The second-order valence-corrected chi connectivity index (χ2v) is 8.93. The highest BCUT2D eigenvalue weighted by Gasteiger charge is 2.52. The first-order chi connectivity index (χ1) is 14.3. The fourth-order valence-electron chi connectivity index (χ4n) is 3.77. The molecule has 2 aliphatic rings. The van der Waals surface area contributed by atoms with E-state index in [9.17, 15) is 18.0 Å². The molecular weight excluding hydrogens is 404 g/mol. The van der Waals surface area contributed by atoms with Gasteiger partial charge in [-0.2, -0.15) is 0 Å². The Morgan fingerprint density at radius 1 is 0.968 bits per heavy atom. The number of carbonyl (C=O) groups is 1. The molecule has 4 radical (unpaired) electrons. The van der Waals surface area contributed by atoms with Crippen molar-refractivity contribution in [1.29, 1.82) is 0 Å². The number of benzene rings is 2. The standard InChI is InChI=1S/C21H19B3F3NO3/c1-19(2)20(3,4)31-24(30-19)11-8-15(26)12(16(27)9-11)10-28-18(29)17-13(21(28,22)23)6-5-7-14(17)25/h5-9H,10H2,1-4H3. The highest BCUT2D eigenvalue weighted by Crippen LogP contribution is 2.38. The van der Waals surface area contributed by atoms with E-state index in [1.807, 2.05) is 27.7 Å². The third-order valence-corrected chi connectivity index (χ3v) is 6.36. The molecule has 0 aromatic heterocycles. The van der Waals surface area contributed by atoms with Crippen LogP contribution in [0.5, 0.6) is 0 Å². The van der Waals surface area contributed by atoms with E-state index in [2.05, 4.69) is 0 Å². The Bertz CT molecular complexity index is 1050. The van der Waals surface area contributed by atoms with Crippen LogP contribution in [0.4, 0.5) is 13.2 Å². The summed E-state index contributed by atoms with van der Waals surface area (Å²) in [6.45, 7) is 6.72. The summed E-state index contributed by atoms with van der Waals surface area (Å²) in [5.41, 5.74) is -1.89. The van der Waals surface area contributed by atoms with Crippen molar-refractivity contribution in [1.82, 2.24) is 4.90 Å². The molecule has 0 N–H and O–H groups in total. The van der Waals surface area contributed by atoms with Crippen molar-refractivity contribution in [2.45, 2.75) is 50.8 Å². The second kappa shape index (κ2) is 6.91. The molecule has 0 spiro atoms. The minimum absolute atomic E-state index is 0.0483. The number of nitrogens with zero attached hydrogens (tertiary/aromatic N) is 1. The van der Waals surface area contributed by atoms with Crippen LogP contribution in [0.15, 0.2) is 30.3 Å². The summed E-state index contributed by atoms with van der Waals surface area (Å²) in [6, 6.07) is 6.04. The van der Waals surface area contributed by atoms with Gasteiger partial charge in [0, 0.05) is 5.56 Å². The zero-order chi connectivity index (χ0) is 22.9. The third-order valence-electron chi connectivity index (χ3n) is 6.36. The van der Waals surface area contributed by atoms with Gasteiger partial charge in [-0.15, -0.1) is 0 Å². The summed E-state index contributed by atoms with van der Waals surface area (Å²) in [4.78, 5) is 13.6. The molecule has 2 aromatic rings. The lowest BCUT2D eigenvalue weighted by Gasteiger charge is -2.34. The van der Waals surface area contributed by atoms with Crippen LogP contribution in [0.1, 0.15) is 49.2 Å². The van der Waals surface area contributed by atoms with E-state index in [-0.39, 0.29) is 16.6 Å². The smallest absolute Gasteiger partial charge is 0.399 e. The van der Waals surface area contributed by atoms with Crippen molar-refractivity contribution < 1.29 is 27.3 Å². The van der Waals surface area contributed by atoms with E-state index in [0.717, 1.165) is 23.1 Å². The number of fused-ring (bicyclic) bond motifs is 1. The van der Waals surface area contributed by atoms with Gasteiger partial charge in [0.25, 0.3) is 5.91 Å². The van der Waals surface area contributed by atoms with Crippen LogP contribution >= 0.6 is 0 Å². The lowest BCUT2D eigenvalue weighted by Crippen LogP contribution is -2.45. The molecule has 0 bridgehead atoms. The molecule has 0 aliphatic carbocycles. The van der Waals surface area contributed by atoms with E-state index in [0.29, 0.717) is 0 Å². The molecule has 1 amide bonds. The van der Waals surface area contributed by atoms with Crippen LogP contribution in [0.2, 0.25) is 0 Å². The summed E-state index contributed by atoms with van der Waals surface area (Å²) in [5, 5.41) is -1.92. The topological polar surface area (TPSA) is 38.8 Å². The molecule has 10 heteroatoms. The van der Waals surface area contributed by atoms with Gasteiger partial charge in [-0.3, -0.25) is 4.79 Å². The van der Waals surface area contributed by atoms with Crippen LogP contribution in [0, 0.1) is 17.5 Å². The highest BCUT2D eigenvalue weighted by atomic mass is 19.1. The predicted molar refractivity (Wildman–Crippen MR) is 112 cm³/mol. The Balaban J connectivity index is 1.66. The molecule has 0 saturated carbocycles. The molecule has 4 rings (SSSR count). The minimum atomic E-state index is -1.92. The number of hydrogen-bond donors (Lipinski definition) is 0. The molecular formula is C21H19B3F3NO3. The molecule has 2 aromatic carbocycles. The first-order valence-corrected chi connectivity index (χ1v) is 9.78. The predicted octanol–water partition coefficient (Wildman–Crippen LogP) is 2.51. The lowest BCUT2D eigenvalue weighted by molar-refractivity contribution is 0.00578. The lowest BCUT2D eigenvalue weighted by atomic mass is 9.58. The van der Waals surface area contributed by atoms with Crippen molar-refractivity contribution in [3.05, 3.63) is 64.5 Å². The molecule has 2 aliphatic heterocycles. The normalized spacial score (nSPS) is 20.9. The SMILES string of the molecule is [B]C1([B])c2cccc(F)c2C(=O)N1Cc1c(F)cc(B2OC(C)(C)C(C)(C)O2)cc1F. The molecule has 0 atom stereocenters. The second-order valence-electron chi connectivity index (χ2n) is 8.93. The molecule has 1 saturated heterocycles.